The number of aromatic nitrogens is 4. The Balaban J connectivity index is 1.51. The third-order valence-electron chi connectivity index (χ3n) is 5.79. The predicted octanol–water partition coefficient (Wildman–Crippen LogP) is 2.72. The van der Waals surface area contributed by atoms with E-state index < -0.39 is 0 Å². The van der Waals surface area contributed by atoms with Crippen molar-refractivity contribution < 1.29 is 14.1 Å². The van der Waals surface area contributed by atoms with Gasteiger partial charge in [-0.05, 0) is 46.6 Å². The second-order valence-electron chi connectivity index (χ2n) is 8.42. The van der Waals surface area contributed by atoms with Crippen molar-refractivity contribution in [2.45, 2.75) is 46.0 Å². The van der Waals surface area contributed by atoms with Gasteiger partial charge in [-0.15, -0.1) is 0 Å². The van der Waals surface area contributed by atoms with E-state index in [4.69, 9.17) is 14.4 Å². The zero-order valence-corrected chi connectivity index (χ0v) is 19.1. The molecule has 0 aromatic carbocycles. The van der Waals surface area contributed by atoms with Crippen molar-refractivity contribution in [1.82, 2.24) is 30.0 Å². The van der Waals surface area contributed by atoms with Gasteiger partial charge in [0.25, 0.3) is 0 Å². The second-order valence-corrected chi connectivity index (χ2v) is 8.42. The fraction of sp³-hybridized carbons (Fsp3) is 0.565. The van der Waals surface area contributed by atoms with Gasteiger partial charge in [0.2, 0.25) is 5.91 Å². The number of fused-ring (bicyclic) bond motifs is 1. The zero-order valence-electron chi connectivity index (χ0n) is 19.1. The van der Waals surface area contributed by atoms with Crippen LogP contribution in [0, 0.1) is 13.8 Å². The van der Waals surface area contributed by atoms with Gasteiger partial charge in [0.15, 0.2) is 11.4 Å². The molecule has 1 amide bonds. The number of nitrogens with zero attached hydrogens (tertiary/aromatic N) is 5. The number of rotatable bonds is 9. The Hall–Kier alpha value is -2.78. The van der Waals surface area contributed by atoms with Crippen molar-refractivity contribution in [3.63, 3.8) is 0 Å². The van der Waals surface area contributed by atoms with Crippen LogP contribution >= 0.6 is 0 Å². The molecule has 0 saturated carbocycles. The summed E-state index contributed by atoms with van der Waals surface area (Å²) in [7, 11) is 0. The molecular weight excluding hydrogens is 408 g/mol. The lowest BCUT2D eigenvalue weighted by Crippen LogP contribution is -2.42. The van der Waals surface area contributed by atoms with Crippen LogP contribution in [-0.2, 0) is 9.53 Å². The molecule has 9 heteroatoms. The van der Waals surface area contributed by atoms with E-state index >= 15 is 0 Å². The first-order valence-electron chi connectivity index (χ1n) is 11.4. The van der Waals surface area contributed by atoms with Crippen molar-refractivity contribution in [2.24, 2.45) is 0 Å². The lowest BCUT2D eigenvalue weighted by atomic mass is 9.91. The number of ether oxygens (including phenoxy) is 1. The molecular formula is C23H32N6O3. The van der Waals surface area contributed by atoms with E-state index in [2.05, 4.69) is 20.4 Å². The monoisotopic (exact) mass is 440 g/mol. The Morgan fingerprint density at radius 3 is 2.97 bits per heavy atom. The summed E-state index contributed by atoms with van der Waals surface area (Å²) in [5.41, 5.74) is 4.55. The number of hydrogen-bond acceptors (Lipinski definition) is 7. The fourth-order valence-corrected chi connectivity index (χ4v) is 4.37. The second kappa shape index (κ2) is 10.2. The number of piperidine rings is 1. The van der Waals surface area contributed by atoms with Crippen molar-refractivity contribution in [1.29, 1.82) is 0 Å². The van der Waals surface area contributed by atoms with E-state index in [1.165, 1.54) is 0 Å². The molecule has 1 N–H and O–H groups in total. The molecule has 32 heavy (non-hydrogen) atoms. The molecule has 172 valence electrons. The zero-order chi connectivity index (χ0) is 22.5. The summed E-state index contributed by atoms with van der Waals surface area (Å²) in [6.07, 6.45) is 4.72. The predicted molar refractivity (Wildman–Crippen MR) is 120 cm³/mol. The maximum absolute atomic E-state index is 12.4. The van der Waals surface area contributed by atoms with Crippen LogP contribution in [0.2, 0.25) is 0 Å². The molecule has 4 heterocycles. The Bertz CT molecular complexity index is 1060. The molecule has 0 bridgehead atoms. The van der Waals surface area contributed by atoms with Gasteiger partial charge in [0.05, 0.1) is 29.2 Å². The van der Waals surface area contributed by atoms with Crippen LogP contribution in [0.5, 0.6) is 0 Å². The minimum atomic E-state index is 0.0584. The lowest BCUT2D eigenvalue weighted by molar-refractivity contribution is -0.122. The third-order valence-corrected chi connectivity index (χ3v) is 5.79. The smallest absolute Gasteiger partial charge is 0.234 e. The summed E-state index contributed by atoms with van der Waals surface area (Å²) in [5.74, 6) is 0.965. The number of amides is 1. The molecule has 1 aliphatic heterocycles. The molecule has 0 unspecified atom stereocenters. The van der Waals surface area contributed by atoms with Crippen LogP contribution in [0.25, 0.3) is 17.0 Å². The van der Waals surface area contributed by atoms with Gasteiger partial charge in [-0.2, -0.15) is 5.10 Å². The summed E-state index contributed by atoms with van der Waals surface area (Å²) in [4.78, 5) is 19.3. The molecule has 1 fully saturated rings. The van der Waals surface area contributed by atoms with Crippen LogP contribution in [-0.4, -0.2) is 70.0 Å². The number of hydrogen-bond donors (Lipinski definition) is 1. The van der Waals surface area contributed by atoms with Crippen molar-refractivity contribution in [2.75, 3.05) is 39.4 Å². The van der Waals surface area contributed by atoms with Crippen LogP contribution < -0.4 is 5.32 Å². The molecule has 1 saturated heterocycles. The number of aryl methyl sites for hydroxylation is 2. The molecule has 3 aromatic rings. The normalized spacial score (nSPS) is 17.2. The van der Waals surface area contributed by atoms with E-state index in [0.29, 0.717) is 32.1 Å². The first kappa shape index (κ1) is 22.4. The molecule has 1 atom stereocenters. The minimum absolute atomic E-state index is 0.0584. The highest BCUT2D eigenvalue weighted by Gasteiger charge is 2.29. The topological polar surface area (TPSA) is 97.8 Å². The van der Waals surface area contributed by atoms with E-state index in [9.17, 15) is 4.79 Å². The number of carbonyl (C=O) groups excluding carboxylic acids is 1. The van der Waals surface area contributed by atoms with E-state index in [0.717, 1.165) is 60.6 Å². The minimum Gasteiger partial charge on any atom is -0.382 e. The Morgan fingerprint density at radius 1 is 1.31 bits per heavy atom. The lowest BCUT2D eigenvalue weighted by Gasteiger charge is -2.33. The average molecular weight is 441 g/mol. The summed E-state index contributed by atoms with van der Waals surface area (Å²) >= 11 is 0. The van der Waals surface area contributed by atoms with Crippen molar-refractivity contribution in [3.8, 4) is 11.3 Å². The number of nitrogens with one attached hydrogen (secondary N) is 1. The SMILES string of the molecule is CCOCCCNC(=O)CN1CCC[C@H](c2c(-c3cc(C)no3)cnc3cc(C)nn23)C1. The average Bonchev–Trinajstić information content (AvgIpc) is 3.37. The molecule has 0 aliphatic carbocycles. The standard InChI is InChI=1S/C23H32N6O3/c1-4-31-10-6-8-24-22(30)15-28-9-5-7-18(14-28)23-19(20-11-17(3)27-32-20)13-25-21-12-16(2)26-29(21)23/h11-13,18H,4-10,14-15H2,1-3H3,(H,24,30)/t18-/m0/s1. The van der Waals surface area contributed by atoms with E-state index in [1.807, 2.05) is 43.6 Å². The first-order valence-corrected chi connectivity index (χ1v) is 11.4. The molecule has 1 aliphatic rings. The maximum atomic E-state index is 12.4. The highest BCUT2D eigenvalue weighted by atomic mass is 16.5. The Kier molecular flexibility index (Phi) is 7.16. The van der Waals surface area contributed by atoms with Crippen LogP contribution in [0.1, 0.15) is 49.2 Å². The van der Waals surface area contributed by atoms with Gasteiger partial charge >= 0.3 is 0 Å². The maximum Gasteiger partial charge on any atom is 0.234 e. The summed E-state index contributed by atoms with van der Waals surface area (Å²) < 4.78 is 12.8. The van der Waals surface area contributed by atoms with E-state index in [-0.39, 0.29) is 11.8 Å². The number of carbonyl (C=O) groups is 1. The van der Waals surface area contributed by atoms with Crippen LogP contribution in [0.4, 0.5) is 0 Å². The first-order chi connectivity index (χ1) is 15.5. The van der Waals surface area contributed by atoms with E-state index in [1.54, 1.807) is 0 Å². The van der Waals surface area contributed by atoms with Gasteiger partial charge < -0.3 is 14.6 Å². The quantitative estimate of drug-likeness (QED) is 0.511. The Labute approximate surface area is 188 Å². The Morgan fingerprint density at radius 2 is 2.19 bits per heavy atom. The summed E-state index contributed by atoms with van der Waals surface area (Å²) in [6, 6.07) is 3.91. The van der Waals surface area contributed by atoms with Gasteiger partial charge in [0.1, 0.15) is 0 Å². The molecule has 0 radical (unpaired) electrons. The summed E-state index contributed by atoms with van der Waals surface area (Å²) in [6.45, 7) is 9.96. The highest BCUT2D eigenvalue weighted by Crippen LogP contribution is 2.34. The van der Waals surface area contributed by atoms with Crippen LogP contribution in [0.15, 0.2) is 22.9 Å². The molecule has 9 nitrogen and oxygen atoms in total. The van der Waals surface area contributed by atoms with Crippen molar-refractivity contribution >= 4 is 11.6 Å². The third kappa shape index (κ3) is 5.16. The van der Waals surface area contributed by atoms with Crippen LogP contribution in [0.3, 0.4) is 0 Å². The van der Waals surface area contributed by atoms with Gasteiger partial charge in [-0.3, -0.25) is 9.69 Å². The van der Waals surface area contributed by atoms with Gasteiger partial charge in [0, 0.05) is 50.6 Å². The molecule has 3 aromatic heterocycles. The molecule has 4 rings (SSSR count). The highest BCUT2D eigenvalue weighted by molar-refractivity contribution is 5.78. The van der Waals surface area contributed by atoms with Gasteiger partial charge in [-0.25, -0.2) is 9.50 Å². The largest absolute Gasteiger partial charge is 0.382 e. The van der Waals surface area contributed by atoms with Crippen molar-refractivity contribution in [3.05, 3.63) is 35.4 Å². The number of likely N-dealkylation sites (tertiary alicyclic amines) is 1. The molecule has 0 spiro atoms. The van der Waals surface area contributed by atoms with Gasteiger partial charge in [-0.1, -0.05) is 5.16 Å². The fourth-order valence-electron chi connectivity index (χ4n) is 4.37. The summed E-state index contributed by atoms with van der Waals surface area (Å²) in [5, 5.41) is 11.8.